The second-order valence-corrected chi connectivity index (χ2v) is 4.97. The minimum atomic E-state index is 0.0381. The van der Waals surface area contributed by atoms with Crippen LogP contribution in [-0.4, -0.2) is 35.7 Å². The van der Waals surface area contributed by atoms with E-state index in [9.17, 15) is 0 Å². The van der Waals surface area contributed by atoms with Crippen LogP contribution in [0.5, 0.6) is 0 Å². The van der Waals surface area contributed by atoms with E-state index in [0.29, 0.717) is 0 Å². The first kappa shape index (κ1) is 13.3. The first-order valence-corrected chi connectivity index (χ1v) is 5.83. The van der Waals surface area contributed by atoms with Gasteiger partial charge in [-0.1, -0.05) is 0 Å². The van der Waals surface area contributed by atoms with Gasteiger partial charge in [-0.25, -0.2) is 0 Å². The van der Waals surface area contributed by atoms with Gasteiger partial charge in [0.15, 0.2) is 0 Å². The summed E-state index contributed by atoms with van der Waals surface area (Å²) in [6, 6.07) is 4.02. The van der Waals surface area contributed by atoms with E-state index in [1.165, 1.54) is 0 Å². The summed E-state index contributed by atoms with van der Waals surface area (Å²) >= 11 is 0. The number of aryl methyl sites for hydroxylation is 1. The second kappa shape index (κ2) is 5.51. The van der Waals surface area contributed by atoms with E-state index in [0.717, 1.165) is 30.9 Å². The van der Waals surface area contributed by atoms with E-state index in [2.05, 4.69) is 25.8 Å². The molecule has 3 nitrogen and oxygen atoms in total. The second-order valence-electron chi connectivity index (χ2n) is 4.97. The van der Waals surface area contributed by atoms with Crippen molar-refractivity contribution in [1.29, 1.82) is 0 Å². The molecule has 16 heavy (non-hydrogen) atoms. The first-order valence-electron chi connectivity index (χ1n) is 5.83. The van der Waals surface area contributed by atoms with Gasteiger partial charge in [0.1, 0.15) is 11.5 Å². The maximum Gasteiger partial charge on any atom is 0.105 e. The maximum atomic E-state index is 8.99. The molecule has 0 amide bonds. The van der Waals surface area contributed by atoms with Gasteiger partial charge in [0, 0.05) is 25.1 Å². The van der Waals surface area contributed by atoms with Gasteiger partial charge >= 0.3 is 0 Å². The van der Waals surface area contributed by atoms with Gasteiger partial charge in [-0.05, 0) is 46.4 Å². The van der Waals surface area contributed by atoms with Crippen LogP contribution >= 0.6 is 0 Å². The molecule has 1 N–H and O–H groups in total. The van der Waals surface area contributed by atoms with Crippen LogP contribution in [0.25, 0.3) is 0 Å². The van der Waals surface area contributed by atoms with E-state index in [1.54, 1.807) is 0 Å². The van der Waals surface area contributed by atoms with Crippen molar-refractivity contribution in [3.8, 4) is 0 Å². The lowest BCUT2D eigenvalue weighted by Gasteiger charge is -2.35. The zero-order valence-electron chi connectivity index (χ0n) is 10.8. The van der Waals surface area contributed by atoms with Gasteiger partial charge < -0.3 is 14.4 Å². The summed E-state index contributed by atoms with van der Waals surface area (Å²) in [6.45, 7) is 7.44. The molecule has 0 radical (unpaired) electrons. The third-order valence-electron chi connectivity index (χ3n) is 3.25. The minimum absolute atomic E-state index is 0.0381. The predicted molar refractivity (Wildman–Crippen MR) is 65.6 cm³/mol. The van der Waals surface area contributed by atoms with Crippen molar-refractivity contribution in [2.24, 2.45) is 0 Å². The van der Waals surface area contributed by atoms with Crippen molar-refractivity contribution < 1.29 is 9.52 Å². The average Bonchev–Trinajstić information content (AvgIpc) is 2.60. The summed E-state index contributed by atoms with van der Waals surface area (Å²) in [4.78, 5) is 2.26. The summed E-state index contributed by atoms with van der Waals surface area (Å²) in [5.74, 6) is 2.00. The fourth-order valence-corrected chi connectivity index (χ4v) is 1.66. The lowest BCUT2D eigenvalue weighted by molar-refractivity contribution is 0.116. The largest absolute Gasteiger partial charge is 0.466 e. The van der Waals surface area contributed by atoms with Crippen LogP contribution in [0.4, 0.5) is 0 Å². The molecule has 0 bridgehead atoms. The van der Waals surface area contributed by atoms with Crippen molar-refractivity contribution >= 4 is 0 Å². The maximum absolute atomic E-state index is 8.99. The van der Waals surface area contributed by atoms with Crippen molar-refractivity contribution in [2.75, 3.05) is 20.2 Å². The normalized spacial score (nSPS) is 12.4. The summed E-state index contributed by atoms with van der Waals surface area (Å²) in [5.41, 5.74) is 0.0381. The molecule has 1 aromatic rings. The minimum Gasteiger partial charge on any atom is -0.466 e. The van der Waals surface area contributed by atoms with Crippen molar-refractivity contribution in [1.82, 2.24) is 4.90 Å². The van der Waals surface area contributed by atoms with Gasteiger partial charge in [0.2, 0.25) is 0 Å². The Bertz CT molecular complexity index is 317. The monoisotopic (exact) mass is 225 g/mol. The van der Waals surface area contributed by atoms with Crippen LogP contribution in [0.2, 0.25) is 0 Å². The quantitative estimate of drug-likeness (QED) is 0.806. The average molecular weight is 225 g/mol. The highest BCUT2D eigenvalue weighted by Crippen LogP contribution is 2.17. The first-order chi connectivity index (χ1) is 7.45. The van der Waals surface area contributed by atoms with Crippen LogP contribution in [0.1, 0.15) is 31.8 Å². The Labute approximate surface area is 98.1 Å². The van der Waals surface area contributed by atoms with Gasteiger partial charge in [0.25, 0.3) is 0 Å². The summed E-state index contributed by atoms with van der Waals surface area (Å²) in [7, 11) is 2.09. The van der Waals surface area contributed by atoms with Gasteiger partial charge in [-0.15, -0.1) is 0 Å². The molecule has 0 aliphatic rings. The fourth-order valence-electron chi connectivity index (χ4n) is 1.66. The summed E-state index contributed by atoms with van der Waals surface area (Å²) in [6.07, 6.45) is 1.71. The third-order valence-corrected chi connectivity index (χ3v) is 3.25. The van der Waals surface area contributed by atoms with Crippen molar-refractivity contribution in [3.05, 3.63) is 23.7 Å². The standard InChI is InChI=1S/C13H23NO2/c1-11-5-6-12(16-11)7-9-14(4)13(2,3)8-10-15/h5-6,15H,7-10H2,1-4H3. The van der Waals surface area contributed by atoms with Crippen LogP contribution < -0.4 is 0 Å². The zero-order chi connectivity index (χ0) is 12.2. The Hall–Kier alpha value is -0.800. The molecule has 1 aromatic heterocycles. The highest BCUT2D eigenvalue weighted by molar-refractivity contribution is 5.05. The number of aliphatic hydroxyl groups is 1. The summed E-state index contributed by atoms with van der Waals surface area (Å²) in [5, 5.41) is 8.99. The number of rotatable bonds is 6. The Morgan fingerprint density at radius 1 is 1.38 bits per heavy atom. The molecule has 0 atom stereocenters. The molecule has 0 fully saturated rings. The van der Waals surface area contributed by atoms with E-state index in [4.69, 9.17) is 9.52 Å². The Kier molecular flexibility index (Phi) is 4.56. The number of nitrogens with zero attached hydrogens (tertiary/aromatic N) is 1. The Balaban J connectivity index is 2.43. The number of hydrogen-bond donors (Lipinski definition) is 1. The predicted octanol–water partition coefficient (Wildman–Crippen LogP) is 2.22. The lowest BCUT2D eigenvalue weighted by Crippen LogP contribution is -2.42. The SMILES string of the molecule is Cc1ccc(CCN(C)C(C)(C)CCO)o1. The molecule has 0 spiro atoms. The summed E-state index contributed by atoms with van der Waals surface area (Å²) < 4.78 is 5.53. The lowest BCUT2D eigenvalue weighted by atomic mass is 9.99. The number of aliphatic hydroxyl groups excluding tert-OH is 1. The van der Waals surface area contributed by atoms with E-state index >= 15 is 0 Å². The number of furan rings is 1. The molecule has 0 saturated heterocycles. The molecule has 92 valence electrons. The molecule has 1 rings (SSSR count). The van der Waals surface area contributed by atoms with E-state index < -0.39 is 0 Å². The number of hydrogen-bond acceptors (Lipinski definition) is 3. The highest BCUT2D eigenvalue weighted by Gasteiger charge is 2.22. The highest BCUT2D eigenvalue weighted by atomic mass is 16.3. The van der Waals surface area contributed by atoms with Crippen molar-refractivity contribution in [3.63, 3.8) is 0 Å². The fraction of sp³-hybridized carbons (Fsp3) is 0.692. The molecular weight excluding hydrogens is 202 g/mol. The van der Waals surface area contributed by atoms with E-state index in [-0.39, 0.29) is 12.1 Å². The van der Waals surface area contributed by atoms with Crippen molar-refractivity contribution in [2.45, 2.75) is 39.2 Å². The molecule has 0 aliphatic heterocycles. The molecule has 0 unspecified atom stereocenters. The molecule has 3 heteroatoms. The zero-order valence-corrected chi connectivity index (χ0v) is 10.8. The topological polar surface area (TPSA) is 36.6 Å². The van der Waals surface area contributed by atoms with Gasteiger partial charge in [0.05, 0.1) is 0 Å². The molecule has 0 aliphatic carbocycles. The van der Waals surface area contributed by atoms with Crippen LogP contribution in [0.3, 0.4) is 0 Å². The van der Waals surface area contributed by atoms with Gasteiger partial charge in [-0.3, -0.25) is 0 Å². The van der Waals surface area contributed by atoms with Gasteiger partial charge in [-0.2, -0.15) is 0 Å². The molecule has 0 aromatic carbocycles. The third kappa shape index (κ3) is 3.65. The van der Waals surface area contributed by atoms with Crippen LogP contribution in [-0.2, 0) is 6.42 Å². The van der Waals surface area contributed by atoms with Crippen LogP contribution in [0.15, 0.2) is 16.5 Å². The molecule has 0 saturated carbocycles. The smallest absolute Gasteiger partial charge is 0.105 e. The Morgan fingerprint density at radius 3 is 2.56 bits per heavy atom. The molecular formula is C13H23NO2. The van der Waals surface area contributed by atoms with E-state index in [1.807, 2.05) is 19.1 Å². The molecule has 1 heterocycles. The van der Waals surface area contributed by atoms with Crippen LogP contribution in [0, 0.1) is 6.92 Å². The Morgan fingerprint density at radius 2 is 2.06 bits per heavy atom. The number of likely N-dealkylation sites (N-methyl/N-ethyl adjacent to an activating group) is 1.